The molecule has 3 rings (SSSR count). The molecule has 150 valence electrons. The number of carbonyl (C=O) groups is 1. The Balaban J connectivity index is 1.94. The smallest absolute Gasteiger partial charge is 0.249 e. The maximum absolute atomic E-state index is 13.5. The van der Waals surface area contributed by atoms with Gasteiger partial charge in [-0.1, -0.05) is 18.2 Å². The third kappa shape index (κ3) is 3.35. The Hall–Kier alpha value is -2.54. The molecule has 0 spiro atoms. The number of hydrogen-bond donors (Lipinski definition) is 1. The van der Waals surface area contributed by atoms with Gasteiger partial charge in [-0.15, -0.1) is 0 Å². The number of carbonyl (C=O) groups excluding carboxylic acids is 1. The number of anilines is 2. The fraction of sp³-hybridized carbons (Fsp3) is 0.381. The molecule has 7 heteroatoms. The molecule has 1 saturated heterocycles. The number of aryl methyl sites for hydroxylation is 2. The van der Waals surface area contributed by atoms with Crippen molar-refractivity contribution in [3.63, 3.8) is 0 Å². The number of para-hydroxylation sites is 1. The maximum atomic E-state index is 13.5. The van der Waals surface area contributed by atoms with Gasteiger partial charge in [-0.3, -0.25) is 9.10 Å². The molecular weight excluding hydrogens is 376 g/mol. The lowest BCUT2D eigenvalue weighted by Crippen LogP contribution is -2.57. The van der Waals surface area contributed by atoms with Gasteiger partial charge in [0.25, 0.3) is 0 Å². The van der Waals surface area contributed by atoms with Gasteiger partial charge in [0, 0.05) is 12.2 Å². The summed E-state index contributed by atoms with van der Waals surface area (Å²) in [6.45, 7) is 5.67. The van der Waals surface area contributed by atoms with Crippen molar-refractivity contribution >= 4 is 27.3 Å². The number of ether oxygens (including phenoxy) is 1. The van der Waals surface area contributed by atoms with Gasteiger partial charge in [-0.05, 0) is 69.0 Å². The zero-order chi connectivity index (χ0) is 20.5. The van der Waals surface area contributed by atoms with Crippen LogP contribution in [0, 0.1) is 13.8 Å². The van der Waals surface area contributed by atoms with Crippen LogP contribution in [0.3, 0.4) is 0 Å². The molecule has 0 aromatic heterocycles. The Morgan fingerprint density at radius 1 is 1.11 bits per heavy atom. The minimum absolute atomic E-state index is 0.277. The highest BCUT2D eigenvalue weighted by Gasteiger charge is 2.52. The van der Waals surface area contributed by atoms with Crippen LogP contribution in [0.1, 0.15) is 30.9 Å². The molecule has 1 amide bonds. The molecule has 1 atom stereocenters. The number of rotatable bonds is 4. The van der Waals surface area contributed by atoms with Crippen molar-refractivity contribution in [1.29, 1.82) is 0 Å². The summed E-state index contributed by atoms with van der Waals surface area (Å²) in [5, 5.41) is 2.76. The Labute approximate surface area is 166 Å². The molecule has 1 N–H and O–H groups in total. The van der Waals surface area contributed by atoms with Gasteiger partial charge in [-0.2, -0.15) is 0 Å². The normalized spacial score (nSPS) is 21.2. The van der Waals surface area contributed by atoms with E-state index in [2.05, 4.69) is 5.32 Å². The van der Waals surface area contributed by atoms with E-state index >= 15 is 0 Å². The number of nitrogens with one attached hydrogen (secondary N) is 1. The average molecular weight is 403 g/mol. The summed E-state index contributed by atoms with van der Waals surface area (Å²) in [4.78, 5) is 13.1. The highest BCUT2D eigenvalue weighted by molar-refractivity contribution is 7.95. The van der Waals surface area contributed by atoms with E-state index in [1.54, 1.807) is 31.4 Å². The van der Waals surface area contributed by atoms with Crippen LogP contribution in [-0.2, 0) is 14.8 Å². The predicted molar refractivity (Wildman–Crippen MR) is 111 cm³/mol. The van der Waals surface area contributed by atoms with E-state index in [4.69, 9.17) is 4.74 Å². The van der Waals surface area contributed by atoms with E-state index in [1.807, 2.05) is 32.0 Å². The van der Waals surface area contributed by atoms with E-state index in [1.165, 1.54) is 11.2 Å². The number of amides is 1. The highest BCUT2D eigenvalue weighted by Crippen LogP contribution is 2.38. The molecule has 28 heavy (non-hydrogen) atoms. The molecule has 0 saturated carbocycles. The third-order valence-corrected chi connectivity index (χ3v) is 7.87. The van der Waals surface area contributed by atoms with Crippen LogP contribution >= 0.6 is 0 Å². The van der Waals surface area contributed by atoms with Gasteiger partial charge < -0.3 is 10.1 Å². The Morgan fingerprint density at radius 3 is 2.29 bits per heavy atom. The number of benzene rings is 2. The standard InChI is InChI=1S/C21H26N2O4S/c1-15-7-5-8-16(2)19(15)23-14-6-13-21(3,28(23,25)26)20(24)22-17-9-11-18(27-4)12-10-17/h5,7-12H,6,13-14H2,1-4H3,(H,22,24)/t21-/m0/s1. The molecule has 0 radical (unpaired) electrons. The molecule has 0 unspecified atom stereocenters. The van der Waals surface area contributed by atoms with E-state index in [0.29, 0.717) is 30.1 Å². The quantitative estimate of drug-likeness (QED) is 0.847. The van der Waals surface area contributed by atoms with Crippen molar-refractivity contribution < 1.29 is 17.9 Å². The van der Waals surface area contributed by atoms with Crippen LogP contribution in [0.5, 0.6) is 5.75 Å². The Morgan fingerprint density at radius 2 is 1.71 bits per heavy atom. The molecule has 1 aliphatic rings. The van der Waals surface area contributed by atoms with Gasteiger partial charge in [-0.25, -0.2) is 8.42 Å². The predicted octanol–water partition coefficient (Wildman–Crippen LogP) is 3.64. The largest absolute Gasteiger partial charge is 0.497 e. The zero-order valence-corrected chi connectivity index (χ0v) is 17.5. The van der Waals surface area contributed by atoms with Crippen LogP contribution in [0.15, 0.2) is 42.5 Å². The second-order valence-electron chi connectivity index (χ2n) is 7.33. The first-order chi connectivity index (χ1) is 13.2. The molecule has 1 heterocycles. The van der Waals surface area contributed by atoms with Crippen molar-refractivity contribution in [2.24, 2.45) is 0 Å². The number of nitrogens with zero attached hydrogens (tertiary/aromatic N) is 1. The summed E-state index contributed by atoms with van der Waals surface area (Å²) in [5.74, 6) is 0.143. The Kier molecular flexibility index (Phi) is 5.39. The minimum atomic E-state index is -3.90. The molecular formula is C21H26N2O4S. The van der Waals surface area contributed by atoms with Crippen LogP contribution in [0.25, 0.3) is 0 Å². The summed E-state index contributed by atoms with van der Waals surface area (Å²) in [6, 6.07) is 12.5. The summed E-state index contributed by atoms with van der Waals surface area (Å²) in [6.07, 6.45) is 0.887. The lowest BCUT2D eigenvalue weighted by Gasteiger charge is -2.40. The second kappa shape index (κ2) is 7.47. The first-order valence-electron chi connectivity index (χ1n) is 9.25. The van der Waals surface area contributed by atoms with Gasteiger partial charge in [0.2, 0.25) is 15.9 Å². The fourth-order valence-electron chi connectivity index (χ4n) is 3.65. The molecule has 6 nitrogen and oxygen atoms in total. The highest BCUT2D eigenvalue weighted by atomic mass is 32.2. The van der Waals surface area contributed by atoms with Crippen LogP contribution in [-0.4, -0.2) is 32.7 Å². The van der Waals surface area contributed by atoms with Crippen molar-refractivity contribution in [2.75, 3.05) is 23.3 Å². The molecule has 0 aliphatic carbocycles. The fourth-order valence-corrected chi connectivity index (χ4v) is 5.72. The summed E-state index contributed by atoms with van der Waals surface area (Å²) >= 11 is 0. The zero-order valence-electron chi connectivity index (χ0n) is 16.7. The SMILES string of the molecule is COc1ccc(NC(=O)[C@]2(C)CCCN(c3c(C)cccc3C)S2(=O)=O)cc1. The van der Waals surface area contributed by atoms with Crippen molar-refractivity contribution in [1.82, 2.24) is 0 Å². The van der Waals surface area contributed by atoms with Crippen molar-refractivity contribution in [3.05, 3.63) is 53.6 Å². The maximum Gasteiger partial charge on any atom is 0.249 e. The topological polar surface area (TPSA) is 75.7 Å². The summed E-state index contributed by atoms with van der Waals surface area (Å²) in [7, 11) is -2.34. The molecule has 1 fully saturated rings. The van der Waals surface area contributed by atoms with E-state index < -0.39 is 20.7 Å². The van der Waals surface area contributed by atoms with Crippen molar-refractivity contribution in [2.45, 2.75) is 38.4 Å². The van der Waals surface area contributed by atoms with E-state index in [0.717, 1.165) is 11.1 Å². The van der Waals surface area contributed by atoms with E-state index in [9.17, 15) is 13.2 Å². The van der Waals surface area contributed by atoms with Crippen LogP contribution in [0.2, 0.25) is 0 Å². The number of hydrogen-bond acceptors (Lipinski definition) is 4. The number of methoxy groups -OCH3 is 1. The first-order valence-corrected chi connectivity index (χ1v) is 10.7. The molecule has 1 aliphatic heterocycles. The summed E-state index contributed by atoms with van der Waals surface area (Å²) < 4.78 is 32.0. The van der Waals surface area contributed by atoms with Gasteiger partial charge in [0.05, 0.1) is 12.8 Å². The molecule has 2 aromatic carbocycles. The first kappa shape index (κ1) is 20.2. The second-order valence-corrected chi connectivity index (χ2v) is 9.63. The lowest BCUT2D eigenvalue weighted by molar-refractivity contribution is -0.118. The van der Waals surface area contributed by atoms with Gasteiger partial charge in [0.15, 0.2) is 4.75 Å². The number of sulfonamides is 1. The van der Waals surface area contributed by atoms with E-state index in [-0.39, 0.29) is 6.42 Å². The molecule has 2 aromatic rings. The van der Waals surface area contributed by atoms with Crippen molar-refractivity contribution in [3.8, 4) is 5.75 Å². The van der Waals surface area contributed by atoms with Gasteiger partial charge >= 0.3 is 0 Å². The lowest BCUT2D eigenvalue weighted by atomic mass is 10.0. The average Bonchev–Trinajstić information content (AvgIpc) is 2.65. The monoisotopic (exact) mass is 402 g/mol. The van der Waals surface area contributed by atoms with Gasteiger partial charge in [0.1, 0.15) is 5.75 Å². The summed E-state index contributed by atoms with van der Waals surface area (Å²) in [5.41, 5.74) is 2.96. The Bertz CT molecular complexity index is 966. The van der Waals surface area contributed by atoms with Crippen LogP contribution < -0.4 is 14.4 Å². The molecule has 0 bridgehead atoms. The third-order valence-electron chi connectivity index (χ3n) is 5.39. The minimum Gasteiger partial charge on any atom is -0.497 e. The van der Waals surface area contributed by atoms with Crippen LogP contribution in [0.4, 0.5) is 11.4 Å².